The van der Waals surface area contributed by atoms with E-state index in [2.05, 4.69) is 23.0 Å². The molecule has 0 bridgehead atoms. The minimum absolute atomic E-state index is 0.0536. The first kappa shape index (κ1) is 18.6. The van der Waals surface area contributed by atoms with Crippen LogP contribution in [0, 0.1) is 0 Å². The number of aromatic amines is 1. The number of hydrogen-bond acceptors (Lipinski definition) is 3. The van der Waals surface area contributed by atoms with Crippen LogP contribution in [-0.2, 0) is 15.8 Å². The molecule has 1 N–H and O–H groups in total. The second-order valence-corrected chi connectivity index (χ2v) is 9.35. The van der Waals surface area contributed by atoms with E-state index < -0.39 is 10.0 Å². The van der Waals surface area contributed by atoms with Crippen molar-refractivity contribution in [1.29, 1.82) is 0 Å². The number of rotatable bonds is 5. The maximum Gasteiger partial charge on any atom is 0.243 e. The van der Waals surface area contributed by atoms with Crippen molar-refractivity contribution in [3.63, 3.8) is 0 Å². The number of nitrogens with one attached hydrogen (secondary N) is 1. The summed E-state index contributed by atoms with van der Waals surface area (Å²) in [5.74, 6) is 0.0160. The van der Waals surface area contributed by atoms with Gasteiger partial charge in [0.25, 0.3) is 0 Å². The molecule has 0 aliphatic carbocycles. The molecule has 3 aromatic carbocycles. The monoisotopic (exact) mass is 415 g/mol. The Hall–Kier alpha value is -3.38. The summed E-state index contributed by atoms with van der Waals surface area (Å²) in [6.07, 6.45) is 3.46. The number of para-hydroxylation sites is 1. The highest BCUT2D eigenvalue weighted by Crippen LogP contribution is 2.34. The van der Waals surface area contributed by atoms with E-state index in [1.165, 1.54) is 3.97 Å². The van der Waals surface area contributed by atoms with Gasteiger partial charge in [0.2, 0.25) is 10.0 Å². The van der Waals surface area contributed by atoms with Crippen molar-refractivity contribution < 1.29 is 8.42 Å². The van der Waals surface area contributed by atoms with E-state index in [1.54, 1.807) is 12.5 Å². The zero-order valence-electron chi connectivity index (χ0n) is 16.5. The molecule has 1 atom stereocenters. The maximum atomic E-state index is 13.5. The molecule has 6 heteroatoms. The van der Waals surface area contributed by atoms with Gasteiger partial charge >= 0.3 is 0 Å². The van der Waals surface area contributed by atoms with Crippen molar-refractivity contribution in [2.45, 2.75) is 18.6 Å². The average Bonchev–Trinajstić information content (AvgIpc) is 3.40. The van der Waals surface area contributed by atoms with Gasteiger partial charge in [0.1, 0.15) is 0 Å². The summed E-state index contributed by atoms with van der Waals surface area (Å²) in [7, 11) is -3.62. The quantitative estimate of drug-likeness (QED) is 0.437. The van der Waals surface area contributed by atoms with Gasteiger partial charge in [-0.05, 0) is 23.3 Å². The summed E-state index contributed by atoms with van der Waals surface area (Å²) < 4.78 is 28.6. The SMILES string of the molecule is CC(c1ccc2c3ccccc3n(S(=O)(=O)Cc3ccccc3)c2c1)c1cnc[nH]1. The average molecular weight is 416 g/mol. The lowest BCUT2D eigenvalue weighted by Gasteiger charge is -2.13. The van der Waals surface area contributed by atoms with Gasteiger partial charge in [-0.1, -0.05) is 67.6 Å². The zero-order valence-corrected chi connectivity index (χ0v) is 17.3. The van der Waals surface area contributed by atoms with E-state index in [0.717, 1.165) is 27.6 Å². The summed E-state index contributed by atoms with van der Waals surface area (Å²) >= 11 is 0. The van der Waals surface area contributed by atoms with Crippen LogP contribution in [0.3, 0.4) is 0 Å². The van der Waals surface area contributed by atoms with Crippen molar-refractivity contribution in [1.82, 2.24) is 13.9 Å². The Morgan fingerprint density at radius 1 is 0.933 bits per heavy atom. The van der Waals surface area contributed by atoms with E-state index in [-0.39, 0.29) is 11.7 Å². The van der Waals surface area contributed by atoms with Crippen LogP contribution >= 0.6 is 0 Å². The Bertz CT molecular complexity index is 1440. The van der Waals surface area contributed by atoms with Crippen LogP contribution in [-0.4, -0.2) is 22.4 Å². The van der Waals surface area contributed by atoms with Gasteiger partial charge in [0.05, 0.1) is 23.1 Å². The Balaban J connectivity index is 1.73. The molecule has 5 aromatic rings. The van der Waals surface area contributed by atoms with Crippen molar-refractivity contribution in [3.05, 3.63) is 102 Å². The molecule has 0 aliphatic heterocycles. The smallest absolute Gasteiger partial charge is 0.243 e. The van der Waals surface area contributed by atoms with Gasteiger partial charge in [0.15, 0.2) is 0 Å². The summed E-state index contributed by atoms with van der Waals surface area (Å²) in [5.41, 5.74) is 4.20. The molecule has 0 radical (unpaired) electrons. The maximum absolute atomic E-state index is 13.5. The Morgan fingerprint density at radius 3 is 2.43 bits per heavy atom. The topological polar surface area (TPSA) is 67.8 Å². The molecule has 0 amide bonds. The number of aromatic nitrogens is 3. The molecule has 2 heterocycles. The molecule has 0 fully saturated rings. The van der Waals surface area contributed by atoms with Gasteiger partial charge < -0.3 is 4.98 Å². The van der Waals surface area contributed by atoms with Gasteiger partial charge in [-0.2, -0.15) is 0 Å². The normalized spacial score (nSPS) is 13.1. The molecule has 0 aliphatic rings. The van der Waals surface area contributed by atoms with Crippen LogP contribution in [0.4, 0.5) is 0 Å². The predicted octanol–water partition coefficient (Wildman–Crippen LogP) is 5.05. The summed E-state index contributed by atoms with van der Waals surface area (Å²) in [6.45, 7) is 2.08. The third-order valence-corrected chi connectivity index (χ3v) is 7.26. The molecule has 150 valence electrons. The van der Waals surface area contributed by atoms with Crippen molar-refractivity contribution in [2.75, 3.05) is 0 Å². The predicted molar refractivity (Wildman–Crippen MR) is 120 cm³/mol. The molecule has 1 unspecified atom stereocenters. The van der Waals surface area contributed by atoms with E-state index in [1.807, 2.05) is 66.7 Å². The van der Waals surface area contributed by atoms with E-state index in [9.17, 15) is 8.42 Å². The lowest BCUT2D eigenvalue weighted by atomic mass is 9.97. The summed E-state index contributed by atoms with van der Waals surface area (Å²) in [5, 5.41) is 1.87. The molecular formula is C24H21N3O2S. The highest BCUT2D eigenvalue weighted by Gasteiger charge is 2.22. The molecule has 30 heavy (non-hydrogen) atoms. The Morgan fingerprint density at radius 2 is 1.67 bits per heavy atom. The third-order valence-electron chi connectivity index (χ3n) is 5.61. The highest BCUT2D eigenvalue weighted by molar-refractivity contribution is 7.89. The fraction of sp³-hybridized carbons (Fsp3) is 0.125. The van der Waals surface area contributed by atoms with Crippen molar-refractivity contribution >= 4 is 31.8 Å². The fourth-order valence-electron chi connectivity index (χ4n) is 4.05. The first-order valence-corrected chi connectivity index (χ1v) is 11.4. The minimum Gasteiger partial charge on any atom is -0.348 e. The van der Waals surface area contributed by atoms with Crippen molar-refractivity contribution in [2.24, 2.45) is 0 Å². The first-order chi connectivity index (χ1) is 14.5. The van der Waals surface area contributed by atoms with Crippen LogP contribution < -0.4 is 0 Å². The molecule has 2 aromatic heterocycles. The van der Waals surface area contributed by atoms with Crippen LogP contribution in [0.25, 0.3) is 21.8 Å². The van der Waals surface area contributed by atoms with E-state index in [0.29, 0.717) is 11.0 Å². The number of imidazole rings is 1. The van der Waals surface area contributed by atoms with Gasteiger partial charge in [0, 0.05) is 28.6 Å². The largest absolute Gasteiger partial charge is 0.348 e. The zero-order chi connectivity index (χ0) is 20.7. The highest BCUT2D eigenvalue weighted by atomic mass is 32.2. The van der Waals surface area contributed by atoms with Crippen molar-refractivity contribution in [3.8, 4) is 0 Å². The second kappa shape index (κ2) is 7.15. The minimum atomic E-state index is -3.62. The van der Waals surface area contributed by atoms with E-state index in [4.69, 9.17) is 0 Å². The molecule has 5 rings (SSSR count). The first-order valence-electron chi connectivity index (χ1n) is 9.83. The Labute approximate surface area is 175 Å². The van der Waals surface area contributed by atoms with Crippen LogP contribution in [0.1, 0.15) is 29.7 Å². The number of benzene rings is 3. The molecular weight excluding hydrogens is 394 g/mol. The van der Waals surface area contributed by atoms with Crippen LogP contribution in [0.15, 0.2) is 85.3 Å². The molecule has 5 nitrogen and oxygen atoms in total. The lowest BCUT2D eigenvalue weighted by Crippen LogP contribution is -2.15. The van der Waals surface area contributed by atoms with Crippen LogP contribution in [0.5, 0.6) is 0 Å². The fourth-order valence-corrected chi connectivity index (χ4v) is 5.71. The number of fused-ring (bicyclic) bond motifs is 3. The van der Waals surface area contributed by atoms with E-state index >= 15 is 0 Å². The molecule has 0 saturated heterocycles. The number of nitrogens with zero attached hydrogens (tertiary/aromatic N) is 2. The third kappa shape index (κ3) is 3.09. The number of H-pyrrole nitrogens is 1. The second-order valence-electron chi connectivity index (χ2n) is 7.53. The van der Waals surface area contributed by atoms with Gasteiger partial charge in [-0.25, -0.2) is 17.4 Å². The summed E-state index contributed by atoms with van der Waals surface area (Å²) in [4.78, 5) is 7.26. The van der Waals surface area contributed by atoms with Gasteiger partial charge in [-0.3, -0.25) is 0 Å². The lowest BCUT2D eigenvalue weighted by molar-refractivity contribution is 0.589. The van der Waals surface area contributed by atoms with Crippen LogP contribution in [0.2, 0.25) is 0 Å². The Kier molecular flexibility index (Phi) is 4.44. The standard InChI is InChI=1S/C24H21N3O2S/c1-17(22-14-25-16-26-22)19-11-12-21-20-9-5-6-10-23(20)27(24(21)13-19)30(28,29)15-18-7-3-2-4-8-18/h2-14,16-17H,15H2,1H3,(H,25,26). The molecule has 0 saturated carbocycles. The van der Waals surface area contributed by atoms with Gasteiger partial charge in [-0.15, -0.1) is 0 Å². The number of hydrogen-bond donors (Lipinski definition) is 1. The summed E-state index contributed by atoms with van der Waals surface area (Å²) in [6, 6.07) is 23.0. The molecule has 0 spiro atoms.